The predicted molar refractivity (Wildman–Crippen MR) is 67.5 cm³/mol. The Kier molecular flexibility index (Phi) is 5.87. The molecule has 0 atom stereocenters. The zero-order valence-corrected chi connectivity index (χ0v) is 10.3. The zero-order valence-electron chi connectivity index (χ0n) is 10.3. The first-order valence-corrected chi connectivity index (χ1v) is 5.80. The molecule has 0 aliphatic rings. The molecule has 0 aliphatic carbocycles. The van der Waals surface area contributed by atoms with E-state index in [1.165, 1.54) is 4.90 Å². The van der Waals surface area contributed by atoms with Gasteiger partial charge in [0.1, 0.15) is 6.54 Å². The summed E-state index contributed by atoms with van der Waals surface area (Å²) in [5, 5.41) is 8.84. The van der Waals surface area contributed by atoms with Gasteiger partial charge in [0.25, 0.3) is 0 Å². The number of carbonyl (C=O) groups excluding carboxylic acids is 1. The molecule has 0 spiro atoms. The monoisotopic (exact) mass is 251 g/mol. The summed E-state index contributed by atoms with van der Waals surface area (Å²) in [6, 6.07) is 8.76. The van der Waals surface area contributed by atoms with Gasteiger partial charge in [-0.25, -0.2) is 0 Å². The number of aliphatic carboxylic acids is 1. The van der Waals surface area contributed by atoms with Crippen molar-refractivity contribution >= 4 is 17.6 Å². The summed E-state index contributed by atoms with van der Waals surface area (Å²) in [6.07, 6.45) is 0.177. The van der Waals surface area contributed by atoms with E-state index in [1.54, 1.807) is 24.3 Å². The Morgan fingerprint density at radius 1 is 1.28 bits per heavy atom. The second-order valence-corrected chi connectivity index (χ2v) is 3.66. The van der Waals surface area contributed by atoms with E-state index < -0.39 is 5.97 Å². The number of para-hydroxylation sites is 1. The van der Waals surface area contributed by atoms with Crippen molar-refractivity contribution in [1.82, 2.24) is 0 Å². The van der Waals surface area contributed by atoms with Crippen LogP contribution in [0, 0.1) is 0 Å². The third kappa shape index (κ3) is 4.55. The van der Waals surface area contributed by atoms with Gasteiger partial charge in [0, 0.05) is 12.3 Å². The number of benzene rings is 1. The van der Waals surface area contributed by atoms with Gasteiger partial charge in [0.15, 0.2) is 0 Å². The van der Waals surface area contributed by atoms with Crippen molar-refractivity contribution in [2.24, 2.45) is 0 Å². The second-order valence-electron chi connectivity index (χ2n) is 3.66. The van der Waals surface area contributed by atoms with E-state index >= 15 is 0 Å². The Morgan fingerprint density at radius 3 is 2.50 bits per heavy atom. The molecule has 0 bridgehead atoms. The van der Waals surface area contributed by atoms with Crippen LogP contribution in [0.25, 0.3) is 0 Å². The molecule has 1 rings (SSSR count). The van der Waals surface area contributed by atoms with Crippen molar-refractivity contribution in [3.8, 4) is 0 Å². The average molecular weight is 251 g/mol. The van der Waals surface area contributed by atoms with Gasteiger partial charge in [-0.2, -0.15) is 0 Å². The minimum Gasteiger partial charge on any atom is -0.480 e. The number of carboxylic acid groups (broad SMARTS) is 1. The van der Waals surface area contributed by atoms with Gasteiger partial charge in [-0.1, -0.05) is 18.2 Å². The predicted octanol–water partition coefficient (Wildman–Crippen LogP) is 1.53. The number of carbonyl (C=O) groups is 2. The lowest BCUT2D eigenvalue weighted by atomic mass is 10.2. The van der Waals surface area contributed by atoms with Crippen LogP contribution in [-0.2, 0) is 14.3 Å². The standard InChI is InChI=1S/C13H17NO4/c1-2-18-9-8-12(15)14(10-13(16)17)11-6-4-3-5-7-11/h3-7H,2,8-10H2,1H3,(H,16,17). The fourth-order valence-corrected chi connectivity index (χ4v) is 1.51. The molecular weight excluding hydrogens is 234 g/mol. The number of ether oxygens (including phenoxy) is 1. The van der Waals surface area contributed by atoms with Crippen molar-refractivity contribution < 1.29 is 19.4 Å². The van der Waals surface area contributed by atoms with Crippen LogP contribution in [-0.4, -0.2) is 36.7 Å². The fourth-order valence-electron chi connectivity index (χ4n) is 1.51. The molecule has 98 valence electrons. The van der Waals surface area contributed by atoms with Crippen LogP contribution in [0.5, 0.6) is 0 Å². The van der Waals surface area contributed by atoms with Gasteiger partial charge in [-0.15, -0.1) is 0 Å². The van der Waals surface area contributed by atoms with Crippen LogP contribution < -0.4 is 4.90 Å². The molecule has 0 aromatic heterocycles. The molecule has 0 heterocycles. The average Bonchev–Trinajstić information content (AvgIpc) is 2.37. The Hall–Kier alpha value is -1.88. The molecule has 1 amide bonds. The third-order valence-electron chi connectivity index (χ3n) is 2.33. The van der Waals surface area contributed by atoms with Gasteiger partial charge >= 0.3 is 5.97 Å². The topological polar surface area (TPSA) is 66.8 Å². The van der Waals surface area contributed by atoms with Gasteiger partial charge in [-0.3, -0.25) is 9.59 Å². The van der Waals surface area contributed by atoms with E-state index in [0.717, 1.165) is 0 Å². The van der Waals surface area contributed by atoms with E-state index in [9.17, 15) is 9.59 Å². The van der Waals surface area contributed by atoms with Gasteiger partial charge in [0.05, 0.1) is 13.0 Å². The SMILES string of the molecule is CCOCCC(=O)N(CC(=O)O)c1ccccc1. The number of hydrogen-bond donors (Lipinski definition) is 1. The molecule has 0 fully saturated rings. The number of carboxylic acids is 1. The maximum atomic E-state index is 11.9. The maximum absolute atomic E-state index is 11.9. The molecule has 0 saturated heterocycles. The summed E-state index contributed by atoms with van der Waals surface area (Å²) in [5.74, 6) is -1.29. The summed E-state index contributed by atoms with van der Waals surface area (Å²) in [5.41, 5.74) is 0.585. The van der Waals surface area contributed by atoms with E-state index in [2.05, 4.69) is 0 Å². The van der Waals surface area contributed by atoms with Crippen molar-refractivity contribution in [3.63, 3.8) is 0 Å². The van der Waals surface area contributed by atoms with Crippen molar-refractivity contribution in [2.45, 2.75) is 13.3 Å². The highest BCUT2D eigenvalue weighted by atomic mass is 16.5. The fraction of sp³-hybridized carbons (Fsp3) is 0.385. The Morgan fingerprint density at radius 2 is 1.94 bits per heavy atom. The van der Waals surface area contributed by atoms with Crippen LogP contribution >= 0.6 is 0 Å². The highest BCUT2D eigenvalue weighted by molar-refractivity contribution is 5.97. The lowest BCUT2D eigenvalue weighted by Gasteiger charge is -2.20. The van der Waals surface area contributed by atoms with E-state index in [1.807, 2.05) is 13.0 Å². The lowest BCUT2D eigenvalue weighted by molar-refractivity contribution is -0.136. The van der Waals surface area contributed by atoms with Crippen molar-refractivity contribution in [3.05, 3.63) is 30.3 Å². The molecule has 18 heavy (non-hydrogen) atoms. The first-order valence-electron chi connectivity index (χ1n) is 5.80. The molecule has 0 saturated carbocycles. The summed E-state index contributed by atoms with van der Waals surface area (Å²) in [7, 11) is 0. The molecule has 1 N–H and O–H groups in total. The second kappa shape index (κ2) is 7.45. The number of rotatable bonds is 7. The molecular formula is C13H17NO4. The molecule has 1 aromatic rings. The van der Waals surface area contributed by atoms with Crippen LogP contribution in [0.4, 0.5) is 5.69 Å². The van der Waals surface area contributed by atoms with Crippen LogP contribution in [0.2, 0.25) is 0 Å². The van der Waals surface area contributed by atoms with E-state index in [-0.39, 0.29) is 18.9 Å². The minimum absolute atomic E-state index is 0.177. The normalized spacial score (nSPS) is 10.1. The molecule has 5 nitrogen and oxygen atoms in total. The third-order valence-corrected chi connectivity index (χ3v) is 2.33. The molecule has 0 aliphatic heterocycles. The summed E-state index contributed by atoms with van der Waals surface area (Å²) in [4.78, 5) is 24.0. The molecule has 0 unspecified atom stereocenters. The summed E-state index contributed by atoms with van der Waals surface area (Å²) >= 11 is 0. The van der Waals surface area contributed by atoms with E-state index in [4.69, 9.17) is 9.84 Å². The van der Waals surface area contributed by atoms with Crippen LogP contribution in [0.3, 0.4) is 0 Å². The lowest BCUT2D eigenvalue weighted by Crippen LogP contribution is -2.36. The number of hydrogen-bond acceptors (Lipinski definition) is 3. The van der Waals surface area contributed by atoms with Gasteiger partial charge in [-0.05, 0) is 19.1 Å². The number of nitrogens with zero attached hydrogens (tertiary/aromatic N) is 1. The molecule has 0 radical (unpaired) electrons. The Balaban J connectivity index is 2.72. The van der Waals surface area contributed by atoms with Crippen molar-refractivity contribution in [2.75, 3.05) is 24.7 Å². The Bertz CT molecular complexity index is 391. The number of anilines is 1. The first-order chi connectivity index (χ1) is 8.65. The molecule has 5 heteroatoms. The summed E-state index contributed by atoms with van der Waals surface area (Å²) in [6.45, 7) is 2.35. The Labute approximate surface area is 106 Å². The smallest absolute Gasteiger partial charge is 0.323 e. The summed E-state index contributed by atoms with van der Waals surface area (Å²) < 4.78 is 5.10. The minimum atomic E-state index is -1.04. The quantitative estimate of drug-likeness (QED) is 0.746. The highest BCUT2D eigenvalue weighted by Gasteiger charge is 2.18. The first kappa shape index (κ1) is 14.2. The van der Waals surface area contributed by atoms with Crippen LogP contribution in [0.1, 0.15) is 13.3 Å². The van der Waals surface area contributed by atoms with Crippen LogP contribution in [0.15, 0.2) is 30.3 Å². The van der Waals surface area contributed by atoms with Crippen molar-refractivity contribution in [1.29, 1.82) is 0 Å². The van der Waals surface area contributed by atoms with E-state index in [0.29, 0.717) is 18.9 Å². The largest absolute Gasteiger partial charge is 0.480 e. The maximum Gasteiger partial charge on any atom is 0.323 e. The zero-order chi connectivity index (χ0) is 13.4. The van der Waals surface area contributed by atoms with Gasteiger partial charge in [0.2, 0.25) is 5.91 Å². The van der Waals surface area contributed by atoms with Gasteiger partial charge < -0.3 is 14.7 Å². The highest BCUT2D eigenvalue weighted by Crippen LogP contribution is 2.14. The number of amides is 1. The molecule has 1 aromatic carbocycles.